The number of nitrogens with one attached hydrogen (secondary N) is 1. The van der Waals surface area contributed by atoms with Crippen molar-refractivity contribution in [3.8, 4) is 0 Å². The molecule has 1 saturated carbocycles. The summed E-state index contributed by atoms with van der Waals surface area (Å²) in [5.41, 5.74) is 2.43. The van der Waals surface area contributed by atoms with E-state index >= 15 is 0 Å². The van der Waals surface area contributed by atoms with E-state index in [4.69, 9.17) is 0 Å². The number of hydrogen-bond donors (Lipinski definition) is 1. The molecule has 0 aliphatic heterocycles. The lowest BCUT2D eigenvalue weighted by Crippen LogP contribution is -2.30. The number of rotatable bonds is 5. The Bertz CT molecular complexity index is 633. The first-order valence-corrected chi connectivity index (χ1v) is 8.84. The minimum atomic E-state index is -3.30. The average molecular weight is 293 g/mol. The molecular weight excluding hydrogens is 274 g/mol. The summed E-state index contributed by atoms with van der Waals surface area (Å²) >= 11 is 0. The van der Waals surface area contributed by atoms with Crippen LogP contribution in [0.15, 0.2) is 23.1 Å². The maximum Gasteiger partial charge on any atom is 0.223 e. The highest BCUT2D eigenvalue weighted by Gasteiger charge is 2.29. The van der Waals surface area contributed by atoms with Crippen LogP contribution in [0, 0.1) is 5.92 Å². The van der Waals surface area contributed by atoms with Crippen LogP contribution < -0.4 is 5.32 Å². The van der Waals surface area contributed by atoms with Crippen molar-refractivity contribution in [1.29, 1.82) is 0 Å². The van der Waals surface area contributed by atoms with Crippen LogP contribution in [0.3, 0.4) is 0 Å². The fourth-order valence-electron chi connectivity index (χ4n) is 2.66. The summed E-state index contributed by atoms with van der Waals surface area (Å²) in [5, 5.41) is 2.70. The van der Waals surface area contributed by atoms with Gasteiger partial charge in [-0.2, -0.15) is 0 Å². The fraction of sp³-hybridized carbons (Fsp3) is 0.533. The van der Waals surface area contributed by atoms with Crippen LogP contribution in [-0.2, 0) is 27.5 Å². The second-order valence-electron chi connectivity index (χ2n) is 5.67. The predicted molar refractivity (Wildman–Crippen MR) is 76.3 cm³/mol. The Morgan fingerprint density at radius 2 is 1.95 bits per heavy atom. The molecule has 0 unspecified atom stereocenters. The molecule has 1 fully saturated rings. The lowest BCUT2D eigenvalue weighted by Gasteiger charge is -2.08. The molecule has 0 atom stereocenters. The standard InChI is InChI=1S/C15H19NO3S/c17-15(12-4-5-12)16-8-9-20(18,19)14-7-6-11-2-1-3-13(11)10-14/h6-7,10,12H,1-5,8-9H2,(H,16,17). The number of carbonyl (C=O) groups excluding carboxylic acids is 1. The predicted octanol–water partition coefficient (Wildman–Crippen LogP) is 1.48. The first-order valence-electron chi connectivity index (χ1n) is 7.18. The number of benzene rings is 1. The summed E-state index contributed by atoms with van der Waals surface area (Å²) in [7, 11) is -3.30. The van der Waals surface area contributed by atoms with Gasteiger partial charge in [-0.25, -0.2) is 8.42 Å². The monoisotopic (exact) mass is 293 g/mol. The second kappa shape index (κ2) is 5.20. The third-order valence-corrected chi connectivity index (χ3v) is 5.76. The van der Waals surface area contributed by atoms with Crippen molar-refractivity contribution in [1.82, 2.24) is 5.32 Å². The zero-order valence-electron chi connectivity index (χ0n) is 11.4. The van der Waals surface area contributed by atoms with Gasteiger partial charge in [0.25, 0.3) is 0 Å². The number of amides is 1. The van der Waals surface area contributed by atoms with Gasteiger partial charge in [0.1, 0.15) is 0 Å². The van der Waals surface area contributed by atoms with Crippen LogP contribution in [0.2, 0.25) is 0 Å². The van der Waals surface area contributed by atoms with E-state index in [1.165, 1.54) is 5.56 Å². The Kier molecular flexibility index (Phi) is 3.54. The normalized spacial score (nSPS) is 17.8. The second-order valence-corrected chi connectivity index (χ2v) is 7.78. The van der Waals surface area contributed by atoms with Gasteiger partial charge in [0, 0.05) is 12.5 Å². The zero-order valence-corrected chi connectivity index (χ0v) is 12.2. The van der Waals surface area contributed by atoms with Gasteiger partial charge in [-0.1, -0.05) is 6.07 Å². The van der Waals surface area contributed by atoms with E-state index in [9.17, 15) is 13.2 Å². The molecule has 1 aromatic rings. The van der Waals surface area contributed by atoms with Gasteiger partial charge in [0.2, 0.25) is 5.91 Å². The lowest BCUT2D eigenvalue weighted by molar-refractivity contribution is -0.122. The van der Waals surface area contributed by atoms with Crippen molar-refractivity contribution in [3.05, 3.63) is 29.3 Å². The molecule has 1 aromatic carbocycles. The highest BCUT2D eigenvalue weighted by Crippen LogP contribution is 2.28. The zero-order chi connectivity index (χ0) is 14.2. The first kappa shape index (κ1) is 13.6. The Balaban J connectivity index is 1.63. The van der Waals surface area contributed by atoms with E-state index in [0.717, 1.165) is 37.7 Å². The largest absolute Gasteiger partial charge is 0.355 e. The van der Waals surface area contributed by atoms with Gasteiger partial charge < -0.3 is 5.32 Å². The molecule has 0 saturated heterocycles. The van der Waals surface area contributed by atoms with Gasteiger partial charge >= 0.3 is 0 Å². The number of hydrogen-bond acceptors (Lipinski definition) is 3. The molecule has 0 spiro atoms. The van der Waals surface area contributed by atoms with Crippen LogP contribution in [0.4, 0.5) is 0 Å². The van der Waals surface area contributed by atoms with Gasteiger partial charge in [0.15, 0.2) is 9.84 Å². The summed E-state index contributed by atoms with van der Waals surface area (Å²) in [6, 6.07) is 5.43. The highest BCUT2D eigenvalue weighted by atomic mass is 32.2. The molecule has 108 valence electrons. The van der Waals surface area contributed by atoms with Gasteiger partial charge in [-0.05, 0) is 55.4 Å². The number of sulfone groups is 1. The van der Waals surface area contributed by atoms with E-state index < -0.39 is 9.84 Å². The quantitative estimate of drug-likeness (QED) is 0.894. The number of fused-ring (bicyclic) bond motifs is 1. The molecule has 1 amide bonds. The van der Waals surface area contributed by atoms with Crippen LogP contribution >= 0.6 is 0 Å². The summed E-state index contributed by atoms with van der Waals surface area (Å²) in [6.07, 6.45) is 4.99. The Morgan fingerprint density at radius 3 is 2.70 bits per heavy atom. The Morgan fingerprint density at radius 1 is 1.20 bits per heavy atom. The Labute approximate surface area is 119 Å². The summed E-state index contributed by atoms with van der Waals surface area (Å²) in [4.78, 5) is 11.9. The molecule has 2 aliphatic rings. The molecule has 3 rings (SSSR count). The van der Waals surface area contributed by atoms with Crippen LogP contribution in [0.1, 0.15) is 30.4 Å². The van der Waals surface area contributed by atoms with E-state index in [1.54, 1.807) is 12.1 Å². The van der Waals surface area contributed by atoms with Crippen molar-refractivity contribution in [2.45, 2.75) is 37.0 Å². The molecule has 0 heterocycles. The summed E-state index contributed by atoms with van der Waals surface area (Å²) in [6.45, 7) is 0.203. The molecule has 5 heteroatoms. The summed E-state index contributed by atoms with van der Waals surface area (Å²) < 4.78 is 24.5. The smallest absolute Gasteiger partial charge is 0.223 e. The molecule has 0 bridgehead atoms. The molecule has 2 aliphatic carbocycles. The third-order valence-electron chi connectivity index (χ3n) is 4.05. The molecule has 4 nitrogen and oxygen atoms in total. The van der Waals surface area contributed by atoms with Gasteiger partial charge in [-0.15, -0.1) is 0 Å². The van der Waals surface area contributed by atoms with E-state index in [1.807, 2.05) is 6.07 Å². The average Bonchev–Trinajstić information content (AvgIpc) is 3.16. The molecule has 20 heavy (non-hydrogen) atoms. The third kappa shape index (κ3) is 2.87. The number of carbonyl (C=O) groups is 1. The molecular formula is C15H19NO3S. The lowest BCUT2D eigenvalue weighted by atomic mass is 10.1. The van der Waals surface area contributed by atoms with Crippen molar-refractivity contribution < 1.29 is 13.2 Å². The van der Waals surface area contributed by atoms with E-state index in [0.29, 0.717) is 4.90 Å². The maximum atomic E-state index is 12.2. The van der Waals surface area contributed by atoms with E-state index in [2.05, 4.69) is 5.32 Å². The number of aryl methyl sites for hydroxylation is 2. The molecule has 0 radical (unpaired) electrons. The van der Waals surface area contributed by atoms with Gasteiger partial charge in [-0.3, -0.25) is 4.79 Å². The topological polar surface area (TPSA) is 63.2 Å². The fourth-order valence-corrected chi connectivity index (χ4v) is 3.86. The minimum absolute atomic E-state index is 0.00541. The highest BCUT2D eigenvalue weighted by molar-refractivity contribution is 7.91. The minimum Gasteiger partial charge on any atom is -0.355 e. The SMILES string of the molecule is O=C(NCCS(=O)(=O)c1ccc2c(c1)CCC2)C1CC1. The van der Waals surface area contributed by atoms with Crippen molar-refractivity contribution in [2.75, 3.05) is 12.3 Å². The first-order chi connectivity index (χ1) is 9.56. The van der Waals surface area contributed by atoms with E-state index in [-0.39, 0.29) is 24.1 Å². The maximum absolute atomic E-state index is 12.2. The van der Waals surface area contributed by atoms with Crippen molar-refractivity contribution in [2.24, 2.45) is 5.92 Å². The van der Waals surface area contributed by atoms with Gasteiger partial charge in [0.05, 0.1) is 10.6 Å². The van der Waals surface area contributed by atoms with Crippen LogP contribution in [0.5, 0.6) is 0 Å². The van der Waals surface area contributed by atoms with Crippen LogP contribution in [-0.4, -0.2) is 26.6 Å². The van der Waals surface area contributed by atoms with Crippen LogP contribution in [0.25, 0.3) is 0 Å². The van der Waals surface area contributed by atoms with Crippen molar-refractivity contribution in [3.63, 3.8) is 0 Å². The van der Waals surface area contributed by atoms with Crippen molar-refractivity contribution >= 4 is 15.7 Å². The molecule has 1 N–H and O–H groups in total. The summed E-state index contributed by atoms with van der Waals surface area (Å²) in [5.74, 6) is 0.0939. The molecule has 0 aromatic heterocycles. The Hall–Kier alpha value is -1.36.